The fourth-order valence-corrected chi connectivity index (χ4v) is 6.75. The van der Waals surface area contributed by atoms with Crippen molar-refractivity contribution >= 4 is 0 Å². The Morgan fingerprint density at radius 1 is 0.673 bits per heavy atom. The Balaban J connectivity index is 0.00000378. The third-order valence-electron chi connectivity index (χ3n) is 8.96. The van der Waals surface area contributed by atoms with Crippen LogP contribution in [0, 0.1) is 0 Å². The number of ether oxygens (including phenoxy) is 4. The van der Waals surface area contributed by atoms with Gasteiger partial charge in [0.15, 0.2) is 5.60 Å². The molecule has 1 unspecified atom stereocenters. The van der Waals surface area contributed by atoms with Gasteiger partial charge in [0.05, 0.1) is 30.8 Å². The van der Waals surface area contributed by atoms with Crippen molar-refractivity contribution < 1.29 is 36.0 Å². The quantitative estimate of drug-likeness (QED) is 0.134. The number of hydrogen-bond donors (Lipinski definition) is 0. The summed E-state index contributed by atoms with van der Waals surface area (Å²) in [6.07, 6.45) is 1.84. The van der Waals surface area contributed by atoms with Crippen LogP contribution in [-0.4, -0.2) is 22.0 Å². The molecule has 0 N–H and O–H groups in total. The molecule has 8 heteroatoms. The number of pyridine rings is 2. The predicted octanol–water partition coefficient (Wildman–Crippen LogP) is 8.19. The van der Waals surface area contributed by atoms with Crippen LogP contribution in [0.25, 0.3) is 0 Å². The van der Waals surface area contributed by atoms with Gasteiger partial charge < -0.3 is 18.9 Å². The maximum atomic E-state index is 6.69. The number of nitrogens with zero attached hydrogens (tertiary/aromatic N) is 3. The normalized spacial score (nSPS) is 15.5. The molecule has 4 aromatic carbocycles. The topological polar surface area (TPSA) is 65.9 Å². The average molecular weight is 697 g/mol. The Labute approximate surface area is 297 Å². The van der Waals surface area contributed by atoms with Crippen molar-refractivity contribution in [2.45, 2.75) is 38.4 Å². The number of methoxy groups -OCH3 is 1. The van der Waals surface area contributed by atoms with Crippen LogP contribution >= 0.6 is 0 Å². The van der Waals surface area contributed by atoms with Gasteiger partial charge in [0.1, 0.15) is 29.6 Å². The number of fused-ring (bicyclic) bond motifs is 6. The van der Waals surface area contributed by atoms with Gasteiger partial charge in [-0.3, -0.25) is 14.9 Å². The summed E-state index contributed by atoms with van der Waals surface area (Å²) in [7, 11) is 1.66. The first-order chi connectivity index (χ1) is 23.7. The molecule has 0 aliphatic carbocycles. The molecule has 8 rings (SSSR count). The fraction of sp³-hybridized carbons (Fsp3) is 0.171. The minimum atomic E-state index is -0.777. The molecular weight excluding hydrogens is 662 g/mol. The monoisotopic (exact) mass is 696 g/mol. The maximum Gasteiger partial charge on any atom is 2.00 e. The molecule has 247 valence electrons. The predicted molar refractivity (Wildman–Crippen MR) is 183 cm³/mol. The first kappa shape index (κ1) is 32.6. The van der Waals surface area contributed by atoms with Crippen LogP contribution in [0.15, 0.2) is 134 Å². The number of rotatable bonds is 10. The van der Waals surface area contributed by atoms with Gasteiger partial charge in [-0.15, -0.1) is 0 Å². The zero-order valence-corrected chi connectivity index (χ0v) is 28.0. The van der Waals surface area contributed by atoms with Crippen LogP contribution < -0.4 is 14.2 Å². The Kier molecular flexibility index (Phi) is 9.47. The summed E-state index contributed by atoms with van der Waals surface area (Å²) in [5, 5.41) is 0. The van der Waals surface area contributed by atoms with E-state index in [1.54, 1.807) is 7.11 Å². The molecular formula is C41H35CuN3O4+2. The van der Waals surface area contributed by atoms with Gasteiger partial charge in [0, 0.05) is 49.1 Å². The average Bonchev–Trinajstić information content (AvgIpc) is 3.51. The van der Waals surface area contributed by atoms with Crippen LogP contribution in [0.3, 0.4) is 0 Å². The number of benzene rings is 4. The smallest absolute Gasteiger partial charge is 0.497 e. The van der Waals surface area contributed by atoms with E-state index in [4.69, 9.17) is 23.9 Å². The molecule has 0 fully saturated rings. The molecule has 1 spiro atoms. The minimum Gasteiger partial charge on any atom is -0.497 e. The second-order valence-corrected chi connectivity index (χ2v) is 12.1. The molecule has 6 aromatic rings. The van der Waals surface area contributed by atoms with E-state index in [0.29, 0.717) is 37.0 Å². The largest absolute Gasteiger partial charge is 2.00 e. The molecule has 7 nitrogen and oxygen atoms in total. The minimum absolute atomic E-state index is 0. The Hall–Kier alpha value is -4.98. The van der Waals surface area contributed by atoms with Gasteiger partial charge in [0.2, 0.25) is 0 Å². The molecule has 49 heavy (non-hydrogen) atoms. The zero-order chi connectivity index (χ0) is 32.3. The Bertz CT molecular complexity index is 2020. The molecule has 4 heterocycles. The molecule has 1 radical (unpaired) electrons. The van der Waals surface area contributed by atoms with E-state index in [1.165, 1.54) is 11.1 Å². The summed E-state index contributed by atoms with van der Waals surface area (Å²) < 4.78 is 25.1. The van der Waals surface area contributed by atoms with Crippen LogP contribution in [-0.2, 0) is 60.3 Å². The van der Waals surface area contributed by atoms with Crippen molar-refractivity contribution in [1.82, 2.24) is 14.9 Å². The van der Waals surface area contributed by atoms with Gasteiger partial charge in [0.25, 0.3) is 0 Å². The Morgan fingerprint density at radius 3 is 2.16 bits per heavy atom. The third-order valence-corrected chi connectivity index (χ3v) is 8.96. The molecule has 2 aliphatic rings. The summed E-state index contributed by atoms with van der Waals surface area (Å²) in [4.78, 5) is 11.9. The van der Waals surface area contributed by atoms with Crippen molar-refractivity contribution in [2.24, 2.45) is 0 Å². The molecule has 0 saturated heterocycles. The van der Waals surface area contributed by atoms with E-state index < -0.39 is 5.60 Å². The van der Waals surface area contributed by atoms with E-state index >= 15 is 0 Å². The maximum absolute atomic E-state index is 6.69. The van der Waals surface area contributed by atoms with E-state index in [-0.39, 0.29) is 17.1 Å². The van der Waals surface area contributed by atoms with E-state index in [0.717, 1.165) is 52.6 Å². The second kappa shape index (κ2) is 14.2. The van der Waals surface area contributed by atoms with E-state index in [9.17, 15) is 0 Å². The van der Waals surface area contributed by atoms with Crippen LogP contribution in [0.1, 0.15) is 44.9 Å². The first-order valence-corrected chi connectivity index (χ1v) is 16.1. The molecule has 2 aliphatic heterocycles. The number of hydrogen-bond acceptors (Lipinski definition) is 7. The van der Waals surface area contributed by atoms with Crippen LogP contribution in [0.5, 0.6) is 23.0 Å². The van der Waals surface area contributed by atoms with E-state index in [1.807, 2.05) is 66.9 Å². The summed E-state index contributed by atoms with van der Waals surface area (Å²) in [5.74, 6) is 2.81. The standard InChI is InChI=1S/C41H35N3O4.Cu/c1-45-34-17-19-37-39(22-34)48-40-23-35(18-20-38(40)41(37)36-16-6-5-12-30(36)27-47-41)46-28-33-15-9-14-32(43-33)26-44(24-29-10-3-2-4-11-29)25-31-13-7-8-21-42-31;/h2-23H,24-28H2,1H3;/q;+2. The molecule has 0 saturated carbocycles. The van der Waals surface area contributed by atoms with Crippen molar-refractivity contribution in [3.8, 4) is 23.0 Å². The van der Waals surface area contributed by atoms with Gasteiger partial charge in [-0.05, 0) is 65.2 Å². The molecule has 0 amide bonds. The number of aromatic nitrogens is 2. The van der Waals surface area contributed by atoms with Gasteiger partial charge in [-0.2, -0.15) is 0 Å². The van der Waals surface area contributed by atoms with Gasteiger partial charge in [-0.25, -0.2) is 0 Å². The van der Waals surface area contributed by atoms with Crippen LogP contribution in [0.2, 0.25) is 0 Å². The van der Waals surface area contributed by atoms with Gasteiger partial charge >= 0.3 is 17.1 Å². The molecule has 2 aromatic heterocycles. The van der Waals surface area contributed by atoms with Crippen molar-refractivity contribution in [2.75, 3.05) is 7.11 Å². The SMILES string of the molecule is COc1ccc2c(c1)Oc1cc(OCc3cccc(CN(Cc4ccccc4)Cc4ccccn4)n3)ccc1C21OCc2ccccc21.[Cu+2]. The fourth-order valence-electron chi connectivity index (χ4n) is 6.75. The first-order valence-electron chi connectivity index (χ1n) is 16.1. The third kappa shape index (κ3) is 6.56. The van der Waals surface area contributed by atoms with Crippen molar-refractivity contribution in [1.29, 1.82) is 0 Å². The van der Waals surface area contributed by atoms with Crippen molar-refractivity contribution in [3.05, 3.63) is 178 Å². The van der Waals surface area contributed by atoms with Gasteiger partial charge in [-0.1, -0.05) is 66.7 Å². The van der Waals surface area contributed by atoms with Crippen molar-refractivity contribution in [3.63, 3.8) is 0 Å². The molecule has 0 bridgehead atoms. The Morgan fingerprint density at radius 2 is 1.37 bits per heavy atom. The van der Waals surface area contributed by atoms with E-state index in [2.05, 4.69) is 76.6 Å². The summed E-state index contributed by atoms with van der Waals surface area (Å²) in [5.41, 5.74) is 7.52. The second-order valence-electron chi connectivity index (χ2n) is 12.1. The molecule has 1 atom stereocenters. The summed E-state index contributed by atoms with van der Waals surface area (Å²) >= 11 is 0. The zero-order valence-electron chi connectivity index (χ0n) is 27.0. The summed E-state index contributed by atoms with van der Waals surface area (Å²) in [6.45, 7) is 3.03. The van der Waals surface area contributed by atoms with Crippen LogP contribution in [0.4, 0.5) is 0 Å². The summed E-state index contributed by atoms with van der Waals surface area (Å²) in [6, 6.07) is 42.9.